The molecule has 3 rings (SSSR count). The van der Waals surface area contributed by atoms with Crippen LogP contribution in [0.1, 0.15) is 42.8 Å². The lowest BCUT2D eigenvalue weighted by atomic mass is 9.73. The Balaban J connectivity index is 1.73. The minimum absolute atomic E-state index is 0.122. The molecule has 0 saturated carbocycles. The van der Waals surface area contributed by atoms with E-state index in [1.807, 2.05) is 4.68 Å². The van der Waals surface area contributed by atoms with E-state index in [1.54, 1.807) is 6.33 Å². The zero-order valence-corrected chi connectivity index (χ0v) is 11.5. The van der Waals surface area contributed by atoms with Crippen LogP contribution in [-0.4, -0.2) is 20.8 Å². The van der Waals surface area contributed by atoms with E-state index in [2.05, 4.69) is 48.2 Å². The molecule has 2 atom stereocenters. The molecule has 0 saturated heterocycles. The Hall–Kier alpha value is -1.68. The Morgan fingerprint density at radius 3 is 2.89 bits per heavy atom. The maximum absolute atomic E-state index is 6.37. The van der Waals surface area contributed by atoms with Gasteiger partial charge in [0.2, 0.25) is 0 Å². The lowest BCUT2D eigenvalue weighted by Crippen LogP contribution is -2.38. The van der Waals surface area contributed by atoms with Crippen molar-refractivity contribution in [3.63, 3.8) is 0 Å². The van der Waals surface area contributed by atoms with Crippen LogP contribution >= 0.6 is 0 Å². The SMILES string of the molecule is CC(C)n1ncnc1CC(N)C1Cc2ccccc21. The number of fused-ring (bicyclic) bond motifs is 1. The number of aromatic nitrogens is 3. The zero-order valence-electron chi connectivity index (χ0n) is 11.5. The van der Waals surface area contributed by atoms with E-state index in [-0.39, 0.29) is 6.04 Å². The van der Waals surface area contributed by atoms with Gasteiger partial charge < -0.3 is 5.73 Å². The van der Waals surface area contributed by atoms with Crippen molar-refractivity contribution < 1.29 is 0 Å². The Kier molecular flexibility index (Phi) is 3.11. The van der Waals surface area contributed by atoms with Crippen LogP contribution in [0.25, 0.3) is 0 Å². The zero-order chi connectivity index (χ0) is 13.4. The van der Waals surface area contributed by atoms with E-state index in [1.165, 1.54) is 11.1 Å². The van der Waals surface area contributed by atoms with Gasteiger partial charge in [0.1, 0.15) is 12.2 Å². The molecule has 2 N–H and O–H groups in total. The highest BCUT2D eigenvalue weighted by molar-refractivity contribution is 5.41. The van der Waals surface area contributed by atoms with Gasteiger partial charge in [0, 0.05) is 24.4 Å². The van der Waals surface area contributed by atoms with E-state index in [0.29, 0.717) is 12.0 Å². The van der Waals surface area contributed by atoms with Gasteiger partial charge in [-0.3, -0.25) is 0 Å². The maximum Gasteiger partial charge on any atom is 0.138 e. The summed E-state index contributed by atoms with van der Waals surface area (Å²) in [5.74, 6) is 1.46. The molecule has 1 heterocycles. The average Bonchev–Trinajstić information content (AvgIpc) is 2.79. The number of benzene rings is 1. The van der Waals surface area contributed by atoms with Gasteiger partial charge in [-0.25, -0.2) is 9.67 Å². The second kappa shape index (κ2) is 4.78. The monoisotopic (exact) mass is 256 g/mol. The van der Waals surface area contributed by atoms with Crippen LogP contribution in [0.15, 0.2) is 30.6 Å². The fourth-order valence-electron chi connectivity index (χ4n) is 2.88. The average molecular weight is 256 g/mol. The predicted molar refractivity (Wildman–Crippen MR) is 75.0 cm³/mol. The van der Waals surface area contributed by atoms with Crippen molar-refractivity contribution >= 4 is 0 Å². The summed E-state index contributed by atoms with van der Waals surface area (Å²) in [5, 5.41) is 4.27. The van der Waals surface area contributed by atoms with Crippen molar-refractivity contribution in [3.05, 3.63) is 47.5 Å². The first-order valence-electron chi connectivity index (χ1n) is 6.88. The van der Waals surface area contributed by atoms with E-state index >= 15 is 0 Å². The van der Waals surface area contributed by atoms with E-state index in [0.717, 1.165) is 18.7 Å². The Bertz CT molecular complexity index is 573. The molecule has 100 valence electrons. The molecule has 1 aromatic heterocycles. The highest BCUT2D eigenvalue weighted by Gasteiger charge is 2.31. The summed E-state index contributed by atoms with van der Waals surface area (Å²) in [6.45, 7) is 4.23. The summed E-state index contributed by atoms with van der Waals surface area (Å²) in [6, 6.07) is 9.02. The number of rotatable bonds is 4. The van der Waals surface area contributed by atoms with Crippen molar-refractivity contribution in [2.24, 2.45) is 5.73 Å². The summed E-state index contributed by atoms with van der Waals surface area (Å²) in [5.41, 5.74) is 9.22. The van der Waals surface area contributed by atoms with Crippen LogP contribution in [0, 0.1) is 0 Å². The summed E-state index contributed by atoms with van der Waals surface area (Å²) in [6.07, 6.45) is 3.50. The van der Waals surface area contributed by atoms with E-state index in [9.17, 15) is 0 Å². The second-order valence-corrected chi connectivity index (χ2v) is 5.59. The molecule has 1 aliphatic rings. The van der Waals surface area contributed by atoms with Gasteiger partial charge in [0.05, 0.1) is 0 Å². The molecule has 4 heteroatoms. The molecule has 1 aromatic carbocycles. The standard InChI is InChI=1S/C15H20N4/c1-10(2)19-15(17-9-18-19)8-14(16)13-7-11-5-3-4-6-12(11)13/h3-6,9-10,13-14H,7-8,16H2,1-2H3. The molecule has 0 radical (unpaired) electrons. The number of hydrogen-bond donors (Lipinski definition) is 1. The van der Waals surface area contributed by atoms with Crippen molar-refractivity contribution in [2.45, 2.75) is 44.7 Å². The predicted octanol–water partition coefficient (Wildman–Crippen LogP) is 2.07. The van der Waals surface area contributed by atoms with Crippen LogP contribution in [0.4, 0.5) is 0 Å². The normalized spacial score (nSPS) is 19.1. The molecule has 2 unspecified atom stereocenters. The first kappa shape index (κ1) is 12.4. The lowest BCUT2D eigenvalue weighted by Gasteiger charge is -2.34. The third-order valence-electron chi connectivity index (χ3n) is 3.97. The molecule has 0 bridgehead atoms. The Labute approximate surface area is 113 Å². The van der Waals surface area contributed by atoms with Crippen LogP contribution in [0.2, 0.25) is 0 Å². The van der Waals surface area contributed by atoms with Gasteiger partial charge in [-0.1, -0.05) is 24.3 Å². The van der Waals surface area contributed by atoms with Crippen LogP contribution in [0.5, 0.6) is 0 Å². The molecule has 4 nitrogen and oxygen atoms in total. The number of nitrogens with zero attached hydrogens (tertiary/aromatic N) is 3. The molecule has 2 aromatic rings. The van der Waals surface area contributed by atoms with Crippen molar-refractivity contribution in [1.82, 2.24) is 14.8 Å². The summed E-state index contributed by atoms with van der Waals surface area (Å²) < 4.78 is 1.96. The van der Waals surface area contributed by atoms with Gasteiger partial charge in [0.25, 0.3) is 0 Å². The van der Waals surface area contributed by atoms with Gasteiger partial charge >= 0.3 is 0 Å². The van der Waals surface area contributed by atoms with E-state index in [4.69, 9.17) is 5.73 Å². The highest BCUT2D eigenvalue weighted by atomic mass is 15.3. The van der Waals surface area contributed by atoms with Crippen LogP contribution < -0.4 is 5.73 Å². The number of nitrogens with two attached hydrogens (primary N) is 1. The second-order valence-electron chi connectivity index (χ2n) is 5.59. The van der Waals surface area contributed by atoms with Gasteiger partial charge in [-0.05, 0) is 31.4 Å². The third-order valence-corrected chi connectivity index (χ3v) is 3.97. The molecule has 0 spiro atoms. The molecular formula is C15H20N4. The fourth-order valence-corrected chi connectivity index (χ4v) is 2.88. The van der Waals surface area contributed by atoms with Gasteiger partial charge in [-0.15, -0.1) is 0 Å². The molecule has 19 heavy (non-hydrogen) atoms. The smallest absolute Gasteiger partial charge is 0.138 e. The quantitative estimate of drug-likeness (QED) is 0.911. The van der Waals surface area contributed by atoms with Gasteiger partial charge in [0.15, 0.2) is 0 Å². The van der Waals surface area contributed by atoms with E-state index < -0.39 is 0 Å². The first-order valence-corrected chi connectivity index (χ1v) is 6.88. The minimum Gasteiger partial charge on any atom is -0.327 e. The molecule has 1 aliphatic carbocycles. The van der Waals surface area contributed by atoms with Crippen LogP contribution in [-0.2, 0) is 12.8 Å². The molecule has 0 aliphatic heterocycles. The van der Waals surface area contributed by atoms with Crippen LogP contribution in [0.3, 0.4) is 0 Å². The first-order chi connectivity index (χ1) is 9.16. The van der Waals surface area contributed by atoms with Crippen molar-refractivity contribution in [1.29, 1.82) is 0 Å². The summed E-state index contributed by atoms with van der Waals surface area (Å²) >= 11 is 0. The highest BCUT2D eigenvalue weighted by Crippen LogP contribution is 2.37. The third kappa shape index (κ3) is 2.16. The molecule has 0 fully saturated rings. The maximum atomic E-state index is 6.37. The molecule has 0 amide bonds. The topological polar surface area (TPSA) is 56.7 Å². The van der Waals surface area contributed by atoms with Crippen molar-refractivity contribution in [3.8, 4) is 0 Å². The molecular weight excluding hydrogens is 236 g/mol. The minimum atomic E-state index is 0.122. The largest absolute Gasteiger partial charge is 0.327 e. The Morgan fingerprint density at radius 2 is 2.16 bits per heavy atom. The van der Waals surface area contributed by atoms with Gasteiger partial charge in [-0.2, -0.15) is 5.10 Å². The summed E-state index contributed by atoms with van der Waals surface area (Å²) in [7, 11) is 0. The Morgan fingerprint density at radius 1 is 1.37 bits per heavy atom. The van der Waals surface area contributed by atoms with Crippen molar-refractivity contribution in [2.75, 3.05) is 0 Å². The lowest BCUT2D eigenvalue weighted by molar-refractivity contribution is 0.442. The fraction of sp³-hybridized carbons (Fsp3) is 0.467. The number of hydrogen-bond acceptors (Lipinski definition) is 3. The summed E-state index contributed by atoms with van der Waals surface area (Å²) in [4.78, 5) is 4.35.